The Labute approximate surface area is 101 Å². The second-order valence-corrected chi connectivity index (χ2v) is 3.94. The lowest BCUT2D eigenvalue weighted by molar-refractivity contribution is 0.104. The molecule has 0 saturated heterocycles. The average Bonchev–Trinajstić information content (AvgIpc) is 2.78. The summed E-state index contributed by atoms with van der Waals surface area (Å²) in [4.78, 5) is 4.30. The van der Waals surface area contributed by atoms with Crippen molar-refractivity contribution in [2.75, 3.05) is 12.4 Å². The van der Waals surface area contributed by atoms with Gasteiger partial charge in [-0.2, -0.15) is 0 Å². The van der Waals surface area contributed by atoms with Crippen LogP contribution in [0, 0.1) is 0 Å². The average molecular weight is 231 g/mol. The molecule has 0 aliphatic rings. The highest BCUT2D eigenvalue weighted by atomic mass is 16.5. The smallest absolute Gasteiger partial charge is 0.207 e. The molecule has 0 radical (unpaired) electrons. The highest BCUT2D eigenvalue weighted by Crippen LogP contribution is 2.14. The molecule has 1 unspecified atom stereocenters. The van der Waals surface area contributed by atoms with Crippen molar-refractivity contribution in [1.82, 2.24) is 9.55 Å². The van der Waals surface area contributed by atoms with E-state index in [0.29, 0.717) is 0 Å². The molecule has 0 fully saturated rings. The fourth-order valence-corrected chi connectivity index (χ4v) is 1.58. The number of hydrogen-bond donors (Lipinski definition) is 1. The van der Waals surface area contributed by atoms with E-state index in [1.165, 1.54) is 0 Å². The van der Waals surface area contributed by atoms with Crippen LogP contribution in [-0.2, 0) is 11.3 Å². The maximum absolute atomic E-state index is 5.25. The van der Waals surface area contributed by atoms with Gasteiger partial charge in [0, 0.05) is 25.2 Å². The number of anilines is 2. The SMILES string of the molecule is COC(C)Cn1ccnc1Nc1ccccc1. The Morgan fingerprint density at radius 2 is 2.12 bits per heavy atom. The lowest BCUT2D eigenvalue weighted by Gasteiger charge is -2.13. The lowest BCUT2D eigenvalue weighted by Crippen LogP contribution is -2.15. The molecule has 0 spiro atoms. The topological polar surface area (TPSA) is 39.1 Å². The summed E-state index contributed by atoms with van der Waals surface area (Å²) in [6, 6.07) is 10.0. The summed E-state index contributed by atoms with van der Waals surface area (Å²) in [6.07, 6.45) is 3.90. The number of aromatic nitrogens is 2. The number of hydrogen-bond acceptors (Lipinski definition) is 3. The second kappa shape index (κ2) is 5.50. The Balaban J connectivity index is 2.09. The van der Waals surface area contributed by atoms with Gasteiger partial charge in [-0.05, 0) is 19.1 Å². The third kappa shape index (κ3) is 3.07. The van der Waals surface area contributed by atoms with Crippen molar-refractivity contribution in [2.24, 2.45) is 0 Å². The fraction of sp³-hybridized carbons (Fsp3) is 0.308. The Morgan fingerprint density at radius 3 is 2.82 bits per heavy atom. The molecule has 1 aromatic heterocycles. The first-order chi connectivity index (χ1) is 8.29. The van der Waals surface area contributed by atoms with Crippen LogP contribution in [0.4, 0.5) is 11.6 Å². The van der Waals surface area contributed by atoms with Crippen molar-refractivity contribution < 1.29 is 4.74 Å². The van der Waals surface area contributed by atoms with Crippen LogP contribution in [0.15, 0.2) is 42.7 Å². The van der Waals surface area contributed by atoms with Crippen LogP contribution in [0.25, 0.3) is 0 Å². The maximum atomic E-state index is 5.25. The first-order valence-corrected chi connectivity index (χ1v) is 5.65. The standard InChI is InChI=1S/C13H17N3O/c1-11(17-2)10-16-9-8-14-13(16)15-12-6-4-3-5-7-12/h3-9,11H,10H2,1-2H3,(H,14,15). The summed E-state index contributed by atoms with van der Waals surface area (Å²) >= 11 is 0. The molecule has 2 rings (SSSR count). The zero-order valence-electron chi connectivity index (χ0n) is 10.1. The first kappa shape index (κ1) is 11.7. The van der Waals surface area contributed by atoms with E-state index in [-0.39, 0.29) is 6.10 Å². The molecule has 90 valence electrons. The van der Waals surface area contributed by atoms with E-state index >= 15 is 0 Å². The molecule has 4 nitrogen and oxygen atoms in total. The minimum atomic E-state index is 0.167. The van der Waals surface area contributed by atoms with Crippen LogP contribution >= 0.6 is 0 Å². The molecule has 0 aliphatic heterocycles. The third-order valence-corrected chi connectivity index (χ3v) is 2.60. The summed E-state index contributed by atoms with van der Waals surface area (Å²) in [7, 11) is 1.71. The van der Waals surface area contributed by atoms with Crippen LogP contribution < -0.4 is 5.32 Å². The van der Waals surface area contributed by atoms with Gasteiger partial charge in [0.2, 0.25) is 5.95 Å². The molecule has 1 N–H and O–H groups in total. The van der Waals surface area contributed by atoms with E-state index in [1.54, 1.807) is 13.3 Å². The molecule has 1 aromatic carbocycles. The molecule has 1 heterocycles. The van der Waals surface area contributed by atoms with Gasteiger partial charge in [0.15, 0.2) is 0 Å². The normalized spacial score (nSPS) is 12.4. The largest absolute Gasteiger partial charge is 0.380 e. The van der Waals surface area contributed by atoms with Crippen LogP contribution in [-0.4, -0.2) is 22.8 Å². The Hall–Kier alpha value is -1.81. The van der Waals surface area contributed by atoms with E-state index in [9.17, 15) is 0 Å². The highest BCUT2D eigenvalue weighted by molar-refractivity contribution is 5.52. The molecule has 0 amide bonds. The molecule has 17 heavy (non-hydrogen) atoms. The monoisotopic (exact) mass is 231 g/mol. The van der Waals surface area contributed by atoms with E-state index in [4.69, 9.17) is 4.74 Å². The van der Waals surface area contributed by atoms with E-state index < -0.39 is 0 Å². The molecule has 0 aliphatic carbocycles. The van der Waals surface area contributed by atoms with Gasteiger partial charge in [-0.1, -0.05) is 18.2 Å². The second-order valence-electron chi connectivity index (χ2n) is 3.94. The Bertz CT molecular complexity index is 453. The van der Waals surface area contributed by atoms with Crippen molar-refractivity contribution in [2.45, 2.75) is 19.6 Å². The molecule has 0 saturated carbocycles. The molecule has 0 bridgehead atoms. The molecular formula is C13H17N3O. The minimum absolute atomic E-state index is 0.167. The molecule has 1 atom stereocenters. The van der Waals surface area contributed by atoms with Gasteiger partial charge in [-0.25, -0.2) is 4.98 Å². The van der Waals surface area contributed by atoms with Crippen molar-refractivity contribution >= 4 is 11.6 Å². The van der Waals surface area contributed by atoms with E-state index in [2.05, 4.69) is 10.3 Å². The quantitative estimate of drug-likeness (QED) is 0.859. The maximum Gasteiger partial charge on any atom is 0.207 e. The number of para-hydroxylation sites is 1. The number of nitrogens with one attached hydrogen (secondary N) is 1. The van der Waals surface area contributed by atoms with Gasteiger partial charge in [0.25, 0.3) is 0 Å². The molecular weight excluding hydrogens is 214 g/mol. The van der Waals surface area contributed by atoms with Gasteiger partial charge in [0.05, 0.1) is 12.6 Å². The zero-order valence-corrected chi connectivity index (χ0v) is 10.1. The number of imidazole rings is 1. The fourth-order valence-electron chi connectivity index (χ4n) is 1.58. The van der Waals surface area contributed by atoms with Gasteiger partial charge < -0.3 is 14.6 Å². The van der Waals surface area contributed by atoms with E-state index in [1.807, 2.05) is 48.0 Å². The Morgan fingerprint density at radius 1 is 1.35 bits per heavy atom. The number of methoxy groups -OCH3 is 1. The van der Waals surface area contributed by atoms with Gasteiger partial charge in [-0.15, -0.1) is 0 Å². The first-order valence-electron chi connectivity index (χ1n) is 5.65. The summed E-state index contributed by atoms with van der Waals surface area (Å²) in [5.41, 5.74) is 1.03. The van der Waals surface area contributed by atoms with Crippen LogP contribution in [0.3, 0.4) is 0 Å². The molecule has 2 aromatic rings. The molecule has 4 heteroatoms. The number of ether oxygens (including phenoxy) is 1. The summed E-state index contributed by atoms with van der Waals surface area (Å²) in [5.74, 6) is 0.833. The van der Waals surface area contributed by atoms with Crippen molar-refractivity contribution in [3.8, 4) is 0 Å². The van der Waals surface area contributed by atoms with E-state index in [0.717, 1.165) is 18.2 Å². The predicted octanol–water partition coefficient (Wildman–Crippen LogP) is 2.66. The van der Waals surface area contributed by atoms with Crippen LogP contribution in [0.1, 0.15) is 6.92 Å². The van der Waals surface area contributed by atoms with Crippen LogP contribution in [0.2, 0.25) is 0 Å². The number of benzene rings is 1. The summed E-state index contributed by atoms with van der Waals surface area (Å²) in [5, 5.41) is 3.28. The lowest BCUT2D eigenvalue weighted by atomic mass is 10.3. The van der Waals surface area contributed by atoms with Gasteiger partial charge in [0.1, 0.15) is 0 Å². The number of nitrogens with zero attached hydrogens (tertiary/aromatic N) is 2. The summed E-state index contributed by atoms with van der Waals surface area (Å²) in [6.45, 7) is 2.82. The zero-order chi connectivity index (χ0) is 12.1. The van der Waals surface area contributed by atoms with Crippen molar-refractivity contribution in [3.63, 3.8) is 0 Å². The predicted molar refractivity (Wildman–Crippen MR) is 68.4 cm³/mol. The van der Waals surface area contributed by atoms with Gasteiger partial charge >= 0.3 is 0 Å². The van der Waals surface area contributed by atoms with Gasteiger partial charge in [-0.3, -0.25) is 0 Å². The van der Waals surface area contributed by atoms with Crippen LogP contribution in [0.5, 0.6) is 0 Å². The highest BCUT2D eigenvalue weighted by Gasteiger charge is 2.06. The van der Waals surface area contributed by atoms with Crippen molar-refractivity contribution in [1.29, 1.82) is 0 Å². The number of rotatable bonds is 5. The minimum Gasteiger partial charge on any atom is -0.380 e. The Kier molecular flexibility index (Phi) is 3.77. The van der Waals surface area contributed by atoms with Crippen molar-refractivity contribution in [3.05, 3.63) is 42.7 Å². The third-order valence-electron chi connectivity index (χ3n) is 2.60. The summed E-state index contributed by atoms with van der Waals surface area (Å²) < 4.78 is 7.30.